The minimum absolute atomic E-state index is 0. The molecule has 3 fully saturated rings. The van der Waals surface area contributed by atoms with Gasteiger partial charge < -0.3 is 59.9 Å². The van der Waals surface area contributed by atoms with Crippen LogP contribution in [0, 0.1) is 0 Å². The Morgan fingerprint density at radius 1 is 0.524 bits per heavy atom. The molecule has 0 saturated carbocycles. The second kappa shape index (κ2) is 22.9. The topological polar surface area (TPSA) is 296 Å². The van der Waals surface area contributed by atoms with Gasteiger partial charge in [0.2, 0.25) is 0 Å². The third-order valence-corrected chi connectivity index (χ3v) is 14.2. The van der Waals surface area contributed by atoms with E-state index in [2.05, 4.69) is 16.0 Å². The van der Waals surface area contributed by atoms with E-state index in [1.165, 1.54) is 53.5 Å². The Morgan fingerprint density at radius 2 is 0.762 bits per heavy atom. The van der Waals surface area contributed by atoms with Gasteiger partial charge in [-0.1, -0.05) is 0 Å². The Hall–Kier alpha value is -0.971. The number of amides is 6. The molecule has 0 spiro atoms. The standard InChI is InChI=1S/C36H36N6O15S3.3K/c1-13-10-58-31-22(28(46)40(31)25(13)34(49)50)37-19(43)7-55-16-4-17(56-8-20(44)38-23-29(47)41-26(35(51)52)14(2)11-59-32(23)41)6-18(5-16)57-9-21(45)39-24-30(48)42-27(36(53)54)15(3)12-60-33(24)42;;;/h4-6,22-24,31-33H,7-12H2,1-3H3,(H,37,43)(H,38,44)(H,39,45)(H,49,50)(H,51,52)(H,53,54);;;/q;3*+1/p-3/t22-,23-,24-,31-,32-,33-;;;/m1.../s1. The number of nitrogens with one attached hydrogen (secondary N) is 3. The summed E-state index contributed by atoms with van der Waals surface area (Å²) in [5.74, 6) is -7.99. The zero-order valence-electron chi connectivity index (χ0n) is 34.6. The first-order valence-electron chi connectivity index (χ1n) is 18.0. The molecule has 3 N–H and O–H groups in total. The van der Waals surface area contributed by atoms with Crippen molar-refractivity contribution in [3.8, 4) is 17.2 Å². The molecule has 0 aliphatic carbocycles. The molecule has 3 saturated heterocycles. The van der Waals surface area contributed by atoms with Gasteiger partial charge in [0.25, 0.3) is 35.4 Å². The van der Waals surface area contributed by atoms with Crippen LogP contribution in [0.15, 0.2) is 52.0 Å². The minimum atomic E-state index is -1.51. The van der Waals surface area contributed by atoms with Gasteiger partial charge in [0.05, 0.1) is 35.0 Å². The number of hydrogen-bond donors (Lipinski definition) is 3. The van der Waals surface area contributed by atoms with Gasteiger partial charge in [-0.3, -0.25) is 43.5 Å². The van der Waals surface area contributed by atoms with Crippen molar-refractivity contribution in [2.24, 2.45) is 0 Å². The van der Waals surface area contributed by atoms with E-state index in [9.17, 15) is 58.5 Å². The van der Waals surface area contributed by atoms with E-state index >= 15 is 0 Å². The first-order chi connectivity index (χ1) is 28.5. The maximum absolute atomic E-state index is 12.9. The Kier molecular flexibility index (Phi) is 19.8. The van der Waals surface area contributed by atoms with Gasteiger partial charge in [0.1, 0.15) is 51.5 Å². The third-order valence-electron chi connectivity index (χ3n) is 9.97. The molecular weight excluding hydrogens is 970 g/mol. The van der Waals surface area contributed by atoms with Gasteiger partial charge in [-0.05, 0) is 37.5 Å². The number of carbonyl (C=O) groups excluding carboxylic acids is 9. The number of carboxylic acids is 3. The van der Waals surface area contributed by atoms with E-state index in [0.29, 0.717) is 34.0 Å². The fraction of sp³-hybridized carbons (Fsp3) is 0.417. The van der Waals surface area contributed by atoms with Crippen LogP contribution in [-0.2, 0) is 43.2 Å². The maximum atomic E-state index is 12.9. The Bertz CT molecular complexity index is 2010. The molecule has 6 aliphatic rings. The van der Waals surface area contributed by atoms with Crippen LogP contribution >= 0.6 is 35.3 Å². The molecule has 1 aromatic rings. The predicted molar refractivity (Wildman–Crippen MR) is 201 cm³/mol. The summed E-state index contributed by atoms with van der Waals surface area (Å²) >= 11 is 3.79. The fourth-order valence-electron chi connectivity index (χ4n) is 7.17. The molecule has 0 radical (unpaired) electrons. The smallest absolute Gasteiger partial charge is 0.543 e. The molecule has 1 aromatic carbocycles. The van der Waals surface area contributed by atoms with Crippen molar-refractivity contribution in [2.75, 3.05) is 37.1 Å². The van der Waals surface area contributed by atoms with Gasteiger partial charge in [0, 0.05) is 35.5 Å². The van der Waals surface area contributed by atoms with Crippen LogP contribution in [0.1, 0.15) is 20.8 Å². The van der Waals surface area contributed by atoms with Crippen LogP contribution in [0.2, 0.25) is 0 Å². The molecule has 0 bridgehead atoms. The number of carbonyl (C=O) groups is 9. The van der Waals surface area contributed by atoms with Crippen molar-refractivity contribution in [1.82, 2.24) is 30.7 Å². The number of fused-ring (bicyclic) bond motifs is 3. The average molecular weight is 1000 g/mol. The van der Waals surface area contributed by atoms with E-state index < -0.39 is 107 Å². The number of hydrogen-bond acceptors (Lipinski definition) is 18. The van der Waals surface area contributed by atoms with E-state index in [-0.39, 0.29) is 188 Å². The van der Waals surface area contributed by atoms with Crippen molar-refractivity contribution in [1.29, 1.82) is 0 Å². The molecule has 0 unspecified atom stereocenters. The van der Waals surface area contributed by atoms with Crippen molar-refractivity contribution < 1.29 is 227 Å². The number of β-lactam (4-membered cyclic amide) rings is 3. The van der Waals surface area contributed by atoms with Crippen LogP contribution in [0.5, 0.6) is 17.2 Å². The Balaban J connectivity index is 0.00000290. The van der Waals surface area contributed by atoms with Gasteiger partial charge in [-0.25, -0.2) is 0 Å². The van der Waals surface area contributed by atoms with Gasteiger partial charge >= 0.3 is 154 Å². The monoisotopic (exact) mass is 1000 g/mol. The number of thioether (sulfide) groups is 3. The Morgan fingerprint density at radius 3 is 0.984 bits per heavy atom. The van der Waals surface area contributed by atoms with Gasteiger partial charge in [-0.15, -0.1) is 35.3 Å². The quantitative estimate of drug-likeness (QED) is 0.109. The average Bonchev–Trinajstić information content (AvgIpc) is 3.20. The molecule has 0 aromatic heterocycles. The molecule has 21 nitrogen and oxygen atoms in total. The first-order valence-corrected chi connectivity index (χ1v) is 21.1. The van der Waals surface area contributed by atoms with Crippen molar-refractivity contribution in [3.05, 3.63) is 52.0 Å². The van der Waals surface area contributed by atoms with Gasteiger partial charge in [0.15, 0.2) is 19.8 Å². The summed E-state index contributed by atoms with van der Waals surface area (Å²) in [5, 5.41) is 40.4. The van der Waals surface area contributed by atoms with Crippen LogP contribution < -0.4 is 200 Å². The van der Waals surface area contributed by atoms with Crippen LogP contribution in [0.25, 0.3) is 0 Å². The summed E-state index contributed by atoms with van der Waals surface area (Å²) in [6.45, 7) is 2.73. The zero-order chi connectivity index (χ0) is 43.3. The summed E-state index contributed by atoms with van der Waals surface area (Å²) in [4.78, 5) is 115. The SMILES string of the molecule is CC1=C(C(=O)[O-])N2C(=O)[C@@H](NC(=O)COc3cc(OCC(=O)N[C@@H]4C(=O)N5C(C(=O)[O-])=C(C)CS[C@H]45)cc(OCC(=O)N[C@@H]4C(=O)N5C(C(=O)[O-])=C(C)CS[C@H]45)c3)[C@H]2SC1.[K+].[K+].[K+]. The molecule has 27 heteroatoms. The molecule has 318 valence electrons. The predicted octanol–water partition coefficient (Wildman–Crippen LogP) is -13.9. The van der Waals surface area contributed by atoms with Crippen molar-refractivity contribution in [3.63, 3.8) is 0 Å². The molecule has 6 atom stereocenters. The third kappa shape index (κ3) is 11.3. The first kappa shape index (κ1) is 54.6. The summed E-state index contributed by atoms with van der Waals surface area (Å²) in [7, 11) is 0. The summed E-state index contributed by atoms with van der Waals surface area (Å²) < 4.78 is 16.9. The van der Waals surface area contributed by atoms with E-state index in [4.69, 9.17) is 14.2 Å². The zero-order valence-corrected chi connectivity index (χ0v) is 46.4. The van der Waals surface area contributed by atoms with Crippen LogP contribution in [0.4, 0.5) is 0 Å². The summed E-state index contributed by atoms with van der Waals surface area (Å²) in [6, 6.07) is 0.714. The molecule has 7 rings (SSSR count). The Labute approximate surface area is 499 Å². The molecular formula is C36H33K3N6O15S3. The number of rotatable bonds is 15. The largest absolute Gasteiger partial charge is 1.00 e. The number of nitrogens with zero attached hydrogens (tertiary/aromatic N) is 3. The van der Waals surface area contributed by atoms with E-state index in [1.807, 2.05) is 0 Å². The second-order valence-corrected chi connectivity index (χ2v) is 17.4. The number of aliphatic carboxylic acids is 3. The normalized spacial score (nSPS) is 24.2. The fourth-order valence-corrected chi connectivity index (χ4v) is 11.1. The number of benzene rings is 1. The molecule has 6 aliphatic heterocycles. The van der Waals surface area contributed by atoms with Crippen LogP contribution in [0.3, 0.4) is 0 Å². The summed E-state index contributed by atoms with van der Waals surface area (Å²) in [6.07, 6.45) is 0. The minimum Gasteiger partial charge on any atom is -0.543 e. The molecule has 6 amide bonds. The number of carboxylic acid groups (broad SMARTS) is 3. The number of ether oxygens (including phenoxy) is 3. The van der Waals surface area contributed by atoms with E-state index in [1.54, 1.807) is 20.8 Å². The molecule has 63 heavy (non-hydrogen) atoms. The van der Waals surface area contributed by atoms with E-state index in [0.717, 1.165) is 14.7 Å². The van der Waals surface area contributed by atoms with Crippen molar-refractivity contribution >= 4 is 88.6 Å². The van der Waals surface area contributed by atoms with Crippen LogP contribution in [-0.4, -0.2) is 139 Å². The molecule has 6 heterocycles. The summed E-state index contributed by atoms with van der Waals surface area (Å²) in [5.41, 5.74) is 0.624. The second-order valence-electron chi connectivity index (χ2n) is 14.1. The van der Waals surface area contributed by atoms with Gasteiger partial charge in [-0.2, -0.15) is 0 Å². The van der Waals surface area contributed by atoms with Crippen molar-refractivity contribution in [2.45, 2.75) is 55.0 Å². The maximum Gasteiger partial charge on any atom is 1.00 e.